The molecule has 2 aromatic rings. The van der Waals surface area contributed by atoms with Crippen molar-refractivity contribution >= 4 is 33.2 Å². The van der Waals surface area contributed by atoms with Crippen molar-refractivity contribution in [2.75, 3.05) is 31.1 Å². The molecule has 2 aliphatic rings. The summed E-state index contributed by atoms with van der Waals surface area (Å²) in [6.45, 7) is 1.52. The Morgan fingerprint density at radius 3 is 2.55 bits per heavy atom. The number of hydrogen-bond donors (Lipinski definition) is 0. The molecule has 0 N–H and O–H groups in total. The minimum atomic E-state index is -3.48. The zero-order valence-electron chi connectivity index (χ0n) is 16.0. The quantitative estimate of drug-likeness (QED) is 0.722. The second kappa shape index (κ2) is 8.34. The second-order valence-electron chi connectivity index (χ2n) is 7.27. The summed E-state index contributed by atoms with van der Waals surface area (Å²) in [5, 5.41) is 0.453. The molecule has 0 aromatic heterocycles. The van der Waals surface area contributed by atoms with Crippen LogP contribution >= 0.6 is 11.6 Å². The van der Waals surface area contributed by atoms with Gasteiger partial charge in [-0.25, -0.2) is 8.42 Å². The van der Waals surface area contributed by atoms with Gasteiger partial charge in [0, 0.05) is 25.3 Å². The van der Waals surface area contributed by atoms with Crippen LogP contribution in [0, 0.1) is 0 Å². The molecule has 2 heterocycles. The van der Waals surface area contributed by atoms with Crippen LogP contribution < -0.4 is 9.64 Å². The number of benzene rings is 2. The van der Waals surface area contributed by atoms with Gasteiger partial charge in [0.15, 0.2) is 6.61 Å². The van der Waals surface area contributed by atoms with E-state index in [1.54, 1.807) is 51.7 Å². The Hall–Kier alpha value is -2.09. The van der Waals surface area contributed by atoms with E-state index in [1.807, 2.05) is 0 Å². The van der Waals surface area contributed by atoms with Crippen LogP contribution in [-0.2, 0) is 21.2 Å². The van der Waals surface area contributed by atoms with Crippen molar-refractivity contribution in [3.8, 4) is 5.75 Å². The minimum absolute atomic E-state index is 0.128. The molecule has 0 aliphatic carbocycles. The molecular formula is C21H23ClN2O4S. The zero-order valence-corrected chi connectivity index (χ0v) is 17.6. The van der Waals surface area contributed by atoms with E-state index in [1.165, 1.54) is 0 Å². The fraction of sp³-hybridized carbons (Fsp3) is 0.381. The molecule has 4 rings (SSSR count). The van der Waals surface area contributed by atoms with Gasteiger partial charge in [-0.15, -0.1) is 0 Å². The van der Waals surface area contributed by atoms with Gasteiger partial charge in [0.05, 0.1) is 9.92 Å². The van der Waals surface area contributed by atoms with E-state index >= 15 is 0 Å². The fourth-order valence-electron chi connectivity index (χ4n) is 3.83. The summed E-state index contributed by atoms with van der Waals surface area (Å²) in [7, 11) is -3.48. The van der Waals surface area contributed by atoms with E-state index in [4.69, 9.17) is 16.3 Å². The summed E-state index contributed by atoms with van der Waals surface area (Å²) < 4.78 is 32.9. The largest absolute Gasteiger partial charge is 0.482 e. The maximum atomic E-state index is 12.9. The number of para-hydroxylation sites is 1. The number of halogens is 1. The molecule has 2 aliphatic heterocycles. The molecule has 8 heteroatoms. The van der Waals surface area contributed by atoms with Crippen LogP contribution in [0.4, 0.5) is 5.69 Å². The average molecular weight is 435 g/mol. The Kier molecular flexibility index (Phi) is 5.81. The van der Waals surface area contributed by atoms with E-state index < -0.39 is 10.0 Å². The van der Waals surface area contributed by atoms with Gasteiger partial charge in [0.2, 0.25) is 10.0 Å². The second-order valence-corrected chi connectivity index (χ2v) is 9.61. The summed E-state index contributed by atoms with van der Waals surface area (Å²) in [5.74, 6) is 0.278. The average Bonchev–Trinajstić information content (AvgIpc) is 3.17. The normalized spacial score (nSPS) is 17.2. The third kappa shape index (κ3) is 4.13. The lowest BCUT2D eigenvalue weighted by Gasteiger charge is -2.26. The van der Waals surface area contributed by atoms with Crippen LogP contribution in [0.3, 0.4) is 0 Å². The lowest BCUT2D eigenvalue weighted by molar-refractivity contribution is -0.120. The lowest BCUT2D eigenvalue weighted by Crippen LogP contribution is -2.35. The van der Waals surface area contributed by atoms with E-state index in [9.17, 15) is 13.2 Å². The number of fused-ring (bicyclic) bond motifs is 1. The van der Waals surface area contributed by atoms with Crippen LogP contribution in [0.15, 0.2) is 47.4 Å². The maximum absolute atomic E-state index is 12.9. The van der Waals surface area contributed by atoms with Gasteiger partial charge < -0.3 is 9.64 Å². The Morgan fingerprint density at radius 2 is 1.79 bits per heavy atom. The van der Waals surface area contributed by atoms with Gasteiger partial charge in [-0.05, 0) is 55.2 Å². The summed E-state index contributed by atoms with van der Waals surface area (Å²) in [6.07, 6.45) is 3.50. The molecule has 6 nitrogen and oxygen atoms in total. The SMILES string of the molecule is O=C(COc1ccccc1Cl)N1CCc2cc(S(=O)(=O)N3CCCCC3)ccc21. The van der Waals surface area contributed by atoms with Gasteiger partial charge in [0.25, 0.3) is 5.91 Å². The van der Waals surface area contributed by atoms with Crippen molar-refractivity contribution in [1.29, 1.82) is 0 Å². The summed E-state index contributed by atoms with van der Waals surface area (Å²) in [6, 6.07) is 12.0. The number of amides is 1. The molecule has 0 unspecified atom stereocenters. The Morgan fingerprint density at radius 1 is 1.03 bits per heavy atom. The number of sulfonamides is 1. The first-order valence-electron chi connectivity index (χ1n) is 9.77. The van der Waals surface area contributed by atoms with Gasteiger partial charge in [0.1, 0.15) is 5.75 Å². The van der Waals surface area contributed by atoms with Crippen molar-refractivity contribution in [2.24, 2.45) is 0 Å². The molecule has 0 radical (unpaired) electrons. The van der Waals surface area contributed by atoms with Crippen LogP contribution in [0.5, 0.6) is 5.75 Å². The molecule has 2 aromatic carbocycles. The number of piperidine rings is 1. The Bertz CT molecular complexity index is 1020. The fourth-order valence-corrected chi connectivity index (χ4v) is 5.59. The standard InChI is InChI=1S/C21H23ClN2O4S/c22-18-6-2-3-7-20(18)28-15-21(25)24-13-10-16-14-17(8-9-19(16)24)29(26,27)23-11-4-1-5-12-23/h2-3,6-9,14H,1,4-5,10-13,15H2. The summed E-state index contributed by atoms with van der Waals surface area (Å²) in [4.78, 5) is 14.6. The molecule has 1 saturated heterocycles. The van der Waals surface area contributed by atoms with Crippen LogP contribution in [0.2, 0.25) is 5.02 Å². The first kappa shape index (κ1) is 20.2. The summed E-state index contributed by atoms with van der Waals surface area (Å²) >= 11 is 6.06. The first-order chi connectivity index (χ1) is 14.0. The molecule has 0 spiro atoms. The predicted molar refractivity (Wildman–Crippen MR) is 112 cm³/mol. The number of anilines is 1. The van der Waals surface area contributed by atoms with Crippen LogP contribution in [0.25, 0.3) is 0 Å². The van der Waals surface area contributed by atoms with E-state index in [0.29, 0.717) is 41.7 Å². The van der Waals surface area contributed by atoms with Crippen LogP contribution in [-0.4, -0.2) is 44.9 Å². The topological polar surface area (TPSA) is 66.9 Å². The summed E-state index contributed by atoms with van der Waals surface area (Å²) in [5.41, 5.74) is 1.62. The zero-order chi connectivity index (χ0) is 20.4. The molecule has 154 valence electrons. The molecule has 0 atom stereocenters. The molecule has 0 bridgehead atoms. The number of nitrogens with zero attached hydrogens (tertiary/aromatic N) is 2. The van der Waals surface area contributed by atoms with Gasteiger partial charge in [-0.1, -0.05) is 30.2 Å². The monoisotopic (exact) mass is 434 g/mol. The predicted octanol–water partition coefficient (Wildman–Crippen LogP) is 3.48. The highest BCUT2D eigenvalue weighted by Gasteiger charge is 2.30. The highest BCUT2D eigenvalue weighted by Crippen LogP contribution is 2.32. The van der Waals surface area contributed by atoms with E-state index in [-0.39, 0.29) is 12.5 Å². The van der Waals surface area contributed by atoms with Gasteiger partial charge in [-0.2, -0.15) is 4.31 Å². The van der Waals surface area contributed by atoms with Crippen molar-refractivity contribution in [1.82, 2.24) is 4.31 Å². The number of hydrogen-bond acceptors (Lipinski definition) is 4. The van der Waals surface area contributed by atoms with Gasteiger partial charge in [-0.3, -0.25) is 4.79 Å². The van der Waals surface area contributed by atoms with Gasteiger partial charge >= 0.3 is 0 Å². The molecule has 29 heavy (non-hydrogen) atoms. The third-order valence-electron chi connectivity index (χ3n) is 5.39. The van der Waals surface area contributed by atoms with Crippen molar-refractivity contribution in [2.45, 2.75) is 30.6 Å². The first-order valence-corrected chi connectivity index (χ1v) is 11.6. The lowest BCUT2D eigenvalue weighted by atomic mass is 10.2. The number of ether oxygens (including phenoxy) is 1. The molecule has 0 saturated carbocycles. The molecular weight excluding hydrogens is 412 g/mol. The van der Waals surface area contributed by atoms with E-state index in [2.05, 4.69) is 0 Å². The maximum Gasteiger partial charge on any atom is 0.264 e. The van der Waals surface area contributed by atoms with Crippen LogP contribution in [0.1, 0.15) is 24.8 Å². The van der Waals surface area contributed by atoms with Crippen molar-refractivity contribution < 1.29 is 17.9 Å². The molecule has 1 amide bonds. The highest BCUT2D eigenvalue weighted by molar-refractivity contribution is 7.89. The minimum Gasteiger partial charge on any atom is -0.482 e. The number of rotatable bonds is 5. The Balaban J connectivity index is 1.48. The molecule has 1 fully saturated rings. The third-order valence-corrected chi connectivity index (χ3v) is 7.60. The smallest absolute Gasteiger partial charge is 0.264 e. The van der Waals surface area contributed by atoms with Crippen molar-refractivity contribution in [3.05, 3.63) is 53.1 Å². The highest BCUT2D eigenvalue weighted by atomic mass is 35.5. The Labute approximate surface area is 176 Å². The van der Waals surface area contributed by atoms with E-state index in [0.717, 1.165) is 30.5 Å². The van der Waals surface area contributed by atoms with Crippen molar-refractivity contribution in [3.63, 3.8) is 0 Å². The number of carbonyl (C=O) groups excluding carboxylic acids is 1. The number of carbonyl (C=O) groups is 1.